The summed E-state index contributed by atoms with van der Waals surface area (Å²) < 4.78 is 0. The van der Waals surface area contributed by atoms with Crippen LogP contribution < -0.4 is 4.90 Å². The second-order valence-electron chi connectivity index (χ2n) is 6.25. The molecule has 1 aliphatic heterocycles. The molecule has 25 heavy (non-hydrogen) atoms. The van der Waals surface area contributed by atoms with Crippen molar-refractivity contribution in [1.82, 2.24) is 0 Å². The molecule has 0 saturated carbocycles. The third-order valence-corrected chi connectivity index (χ3v) is 4.56. The molecule has 0 aliphatic carbocycles. The lowest BCUT2D eigenvalue weighted by Gasteiger charge is -2.29. The van der Waals surface area contributed by atoms with Crippen LogP contribution in [0.5, 0.6) is 0 Å². The molecule has 1 amide bonds. The third kappa shape index (κ3) is 2.54. The molecular weight excluding hydrogens is 310 g/mol. The fraction of sp³-hybridized carbons (Fsp3) is 0.0909. The fourth-order valence-corrected chi connectivity index (χ4v) is 3.39. The number of rotatable bonds is 3. The Morgan fingerprint density at radius 3 is 1.88 bits per heavy atom. The Kier molecular flexibility index (Phi) is 3.69. The molecule has 0 fully saturated rings. The highest BCUT2D eigenvalue weighted by molar-refractivity contribution is 6.52. The molecule has 0 bridgehead atoms. The van der Waals surface area contributed by atoms with Crippen molar-refractivity contribution in [2.75, 3.05) is 4.90 Å². The second kappa shape index (κ2) is 6.02. The van der Waals surface area contributed by atoms with E-state index in [9.17, 15) is 9.59 Å². The third-order valence-electron chi connectivity index (χ3n) is 4.56. The minimum absolute atomic E-state index is 0.331. The van der Waals surface area contributed by atoms with Gasteiger partial charge in [-0.05, 0) is 30.2 Å². The van der Waals surface area contributed by atoms with Gasteiger partial charge in [0.25, 0.3) is 11.7 Å². The number of aryl methyl sites for hydroxylation is 1. The largest absolute Gasteiger partial charge is 0.300 e. The summed E-state index contributed by atoms with van der Waals surface area (Å²) in [5, 5.41) is 0. The normalized spacial score (nSPS) is 13.4. The van der Waals surface area contributed by atoms with E-state index in [1.165, 1.54) is 0 Å². The van der Waals surface area contributed by atoms with Gasteiger partial charge in [0.05, 0.1) is 17.3 Å². The molecule has 0 N–H and O–H groups in total. The Morgan fingerprint density at radius 1 is 0.760 bits per heavy atom. The van der Waals surface area contributed by atoms with Gasteiger partial charge in [-0.15, -0.1) is 0 Å². The topological polar surface area (TPSA) is 37.4 Å². The Morgan fingerprint density at radius 2 is 1.32 bits per heavy atom. The van der Waals surface area contributed by atoms with Gasteiger partial charge in [-0.1, -0.05) is 72.3 Å². The van der Waals surface area contributed by atoms with Gasteiger partial charge in [0.1, 0.15) is 0 Å². The van der Waals surface area contributed by atoms with Gasteiger partial charge in [-0.2, -0.15) is 0 Å². The molecule has 0 spiro atoms. The zero-order valence-corrected chi connectivity index (χ0v) is 13.8. The monoisotopic (exact) mass is 327 g/mol. The summed E-state index contributed by atoms with van der Waals surface area (Å²) in [4.78, 5) is 27.0. The van der Waals surface area contributed by atoms with Crippen LogP contribution in [0.4, 0.5) is 5.69 Å². The molecule has 0 unspecified atom stereocenters. The maximum atomic E-state index is 12.8. The number of carbonyl (C=O) groups excluding carboxylic acids is 2. The Labute approximate surface area is 146 Å². The van der Waals surface area contributed by atoms with Crippen LogP contribution in [-0.4, -0.2) is 11.7 Å². The maximum absolute atomic E-state index is 12.8. The van der Waals surface area contributed by atoms with Crippen LogP contribution in [0.3, 0.4) is 0 Å². The number of nitrogens with zero attached hydrogens (tertiary/aromatic N) is 1. The maximum Gasteiger partial charge on any atom is 0.300 e. The van der Waals surface area contributed by atoms with E-state index >= 15 is 0 Å². The number of hydrogen-bond donors (Lipinski definition) is 0. The predicted octanol–water partition coefficient (Wildman–Crippen LogP) is 4.31. The van der Waals surface area contributed by atoms with E-state index in [4.69, 9.17) is 0 Å². The standard InChI is InChI=1S/C22H17NO2/c1-15-12-13-19-18(14-15)21(24)22(25)23(19)20(16-8-4-2-5-9-16)17-10-6-3-7-11-17/h2-14,20H,1H3. The molecule has 122 valence electrons. The fourth-order valence-electron chi connectivity index (χ4n) is 3.39. The van der Waals surface area contributed by atoms with Crippen LogP contribution in [0.25, 0.3) is 0 Å². The van der Waals surface area contributed by atoms with Gasteiger partial charge >= 0.3 is 0 Å². The number of ketones is 1. The van der Waals surface area contributed by atoms with Crippen molar-refractivity contribution in [1.29, 1.82) is 0 Å². The summed E-state index contributed by atoms with van der Waals surface area (Å²) in [5.41, 5.74) is 4.09. The van der Waals surface area contributed by atoms with Crippen molar-refractivity contribution in [2.24, 2.45) is 0 Å². The van der Waals surface area contributed by atoms with Crippen molar-refractivity contribution < 1.29 is 9.59 Å². The molecule has 3 heteroatoms. The average molecular weight is 327 g/mol. The van der Waals surface area contributed by atoms with Gasteiger partial charge < -0.3 is 0 Å². The molecule has 0 radical (unpaired) electrons. The van der Waals surface area contributed by atoms with Gasteiger partial charge in [-0.25, -0.2) is 0 Å². The number of amides is 1. The van der Waals surface area contributed by atoms with Gasteiger partial charge in [-0.3, -0.25) is 14.5 Å². The first-order valence-electron chi connectivity index (χ1n) is 8.25. The number of benzene rings is 3. The van der Waals surface area contributed by atoms with Crippen molar-refractivity contribution in [3.05, 3.63) is 101 Å². The molecule has 3 nitrogen and oxygen atoms in total. The van der Waals surface area contributed by atoms with Crippen molar-refractivity contribution in [2.45, 2.75) is 13.0 Å². The van der Waals surface area contributed by atoms with Crippen LogP contribution in [-0.2, 0) is 4.79 Å². The molecule has 3 aromatic rings. The molecule has 0 atom stereocenters. The lowest BCUT2D eigenvalue weighted by molar-refractivity contribution is -0.114. The minimum atomic E-state index is -0.474. The predicted molar refractivity (Wildman–Crippen MR) is 97.7 cm³/mol. The summed E-state index contributed by atoms with van der Waals surface area (Å²) in [5.74, 6) is -0.908. The van der Waals surface area contributed by atoms with E-state index in [-0.39, 0.29) is 6.04 Å². The lowest BCUT2D eigenvalue weighted by atomic mass is 9.97. The molecule has 3 aromatic carbocycles. The van der Waals surface area contributed by atoms with Crippen LogP contribution in [0.2, 0.25) is 0 Å². The first-order chi connectivity index (χ1) is 12.2. The minimum Gasteiger partial charge on any atom is -0.293 e. The van der Waals surface area contributed by atoms with E-state index in [1.807, 2.05) is 79.7 Å². The highest BCUT2D eigenvalue weighted by Gasteiger charge is 2.40. The SMILES string of the molecule is Cc1ccc2c(c1)C(=O)C(=O)N2C(c1ccccc1)c1ccccc1. The molecule has 1 aliphatic rings. The smallest absolute Gasteiger partial charge is 0.293 e. The van der Waals surface area contributed by atoms with Crippen LogP contribution in [0, 0.1) is 6.92 Å². The quantitative estimate of drug-likeness (QED) is 0.672. The summed E-state index contributed by atoms with van der Waals surface area (Å²) in [6.45, 7) is 1.92. The first kappa shape index (κ1) is 15.3. The van der Waals surface area contributed by atoms with Crippen molar-refractivity contribution in [3.63, 3.8) is 0 Å². The number of carbonyl (C=O) groups is 2. The molecule has 1 heterocycles. The van der Waals surface area contributed by atoms with Crippen molar-refractivity contribution in [3.8, 4) is 0 Å². The average Bonchev–Trinajstić information content (AvgIpc) is 2.89. The van der Waals surface area contributed by atoms with Gasteiger partial charge in [0.15, 0.2) is 0 Å². The summed E-state index contributed by atoms with van der Waals surface area (Å²) in [7, 11) is 0. The first-order valence-corrected chi connectivity index (χ1v) is 8.25. The van der Waals surface area contributed by atoms with Gasteiger partial charge in [0.2, 0.25) is 0 Å². The number of fused-ring (bicyclic) bond motifs is 1. The summed E-state index contributed by atoms with van der Waals surface area (Å²) in [6.07, 6.45) is 0. The Hall–Kier alpha value is -3.20. The van der Waals surface area contributed by atoms with Crippen LogP contribution >= 0.6 is 0 Å². The highest BCUT2D eigenvalue weighted by atomic mass is 16.2. The molecule has 4 rings (SSSR count). The Bertz CT molecular complexity index is 909. The van der Waals surface area contributed by atoms with Crippen LogP contribution in [0.1, 0.15) is 33.1 Å². The zero-order chi connectivity index (χ0) is 17.4. The van der Waals surface area contributed by atoms with E-state index in [0.717, 1.165) is 16.7 Å². The molecule has 0 aromatic heterocycles. The summed E-state index contributed by atoms with van der Waals surface area (Å²) in [6, 6.07) is 24.9. The Balaban J connectivity index is 1.92. The van der Waals surface area contributed by atoms with E-state index in [0.29, 0.717) is 11.3 Å². The zero-order valence-electron chi connectivity index (χ0n) is 13.8. The molecular formula is C22H17NO2. The number of anilines is 1. The second-order valence-corrected chi connectivity index (χ2v) is 6.25. The van der Waals surface area contributed by atoms with Crippen molar-refractivity contribution >= 4 is 17.4 Å². The van der Waals surface area contributed by atoms with E-state index in [1.54, 1.807) is 11.0 Å². The highest BCUT2D eigenvalue weighted by Crippen LogP contribution is 2.39. The van der Waals surface area contributed by atoms with E-state index in [2.05, 4.69) is 0 Å². The van der Waals surface area contributed by atoms with Crippen LogP contribution in [0.15, 0.2) is 78.9 Å². The number of Topliss-reactive ketones (excluding diaryl/α,β-unsaturated/α-hetero) is 1. The molecule has 0 saturated heterocycles. The van der Waals surface area contributed by atoms with E-state index < -0.39 is 11.7 Å². The van der Waals surface area contributed by atoms with Gasteiger partial charge in [0, 0.05) is 0 Å². The summed E-state index contributed by atoms with van der Waals surface area (Å²) >= 11 is 0. The lowest BCUT2D eigenvalue weighted by Crippen LogP contribution is -2.34. The number of hydrogen-bond acceptors (Lipinski definition) is 2.